The molecule has 1 saturated heterocycles. The first-order valence-corrected chi connectivity index (χ1v) is 10.4. The van der Waals surface area contributed by atoms with Crippen LogP contribution in [0.1, 0.15) is 49.4 Å². The molecular formula is C21H30ClN3O2. The van der Waals surface area contributed by atoms with Crippen molar-refractivity contribution in [1.82, 2.24) is 15.6 Å². The Balaban J connectivity index is 1.53. The second kappa shape index (κ2) is 10.1. The predicted molar refractivity (Wildman–Crippen MR) is 111 cm³/mol. The molecule has 0 bridgehead atoms. The first-order chi connectivity index (χ1) is 13.2. The van der Waals surface area contributed by atoms with Crippen LogP contribution < -0.4 is 10.6 Å². The van der Waals surface area contributed by atoms with Crippen molar-refractivity contribution in [3.05, 3.63) is 35.0 Å². The lowest BCUT2D eigenvalue weighted by Gasteiger charge is -2.25. The average molecular weight is 392 g/mol. The molecule has 27 heavy (non-hydrogen) atoms. The van der Waals surface area contributed by atoms with E-state index in [4.69, 9.17) is 16.3 Å². The number of H-pyrrole nitrogens is 1. The third kappa shape index (κ3) is 5.71. The Kier molecular flexibility index (Phi) is 7.56. The van der Waals surface area contributed by atoms with Crippen LogP contribution in [0.5, 0.6) is 0 Å². The van der Waals surface area contributed by atoms with Crippen LogP contribution >= 0.6 is 11.6 Å². The van der Waals surface area contributed by atoms with Gasteiger partial charge in [-0.1, -0.05) is 37.4 Å². The number of ether oxygens (including phenoxy) is 1. The Bertz CT molecular complexity index is 740. The number of amides is 1. The number of halogens is 1. The summed E-state index contributed by atoms with van der Waals surface area (Å²) in [7, 11) is 0. The van der Waals surface area contributed by atoms with Crippen molar-refractivity contribution in [3.63, 3.8) is 0 Å². The van der Waals surface area contributed by atoms with Crippen LogP contribution in [0, 0.1) is 5.92 Å². The standard InChI is InChI=1S/C21H30ClN3O2/c1-2-3-4-17(27-14-15-7-9-23-10-8-15)12-25-21(26)16-5-6-18-19(22)13-24-20(18)11-16/h5-6,11,13,15,17,23-24H,2-4,7-10,12,14H2,1H3,(H,25,26). The molecular weight excluding hydrogens is 362 g/mol. The molecule has 1 aliphatic rings. The van der Waals surface area contributed by atoms with Crippen molar-refractivity contribution in [2.75, 3.05) is 26.2 Å². The fourth-order valence-corrected chi connectivity index (χ4v) is 3.76. The Labute approximate surface area is 166 Å². The molecule has 0 radical (unpaired) electrons. The SMILES string of the molecule is CCCCC(CNC(=O)c1ccc2c(Cl)c[nH]c2c1)OCC1CCNCC1. The molecule has 0 spiro atoms. The van der Waals surface area contributed by atoms with Crippen molar-refractivity contribution in [1.29, 1.82) is 0 Å². The topological polar surface area (TPSA) is 66.2 Å². The van der Waals surface area contributed by atoms with E-state index in [2.05, 4.69) is 22.5 Å². The summed E-state index contributed by atoms with van der Waals surface area (Å²) in [4.78, 5) is 15.6. The van der Waals surface area contributed by atoms with E-state index in [9.17, 15) is 4.79 Å². The van der Waals surface area contributed by atoms with Crippen LogP contribution in [0.25, 0.3) is 10.9 Å². The summed E-state index contributed by atoms with van der Waals surface area (Å²) in [5.74, 6) is 0.556. The molecule has 1 atom stereocenters. The smallest absolute Gasteiger partial charge is 0.251 e. The Hall–Kier alpha value is -1.56. The van der Waals surface area contributed by atoms with Crippen LogP contribution in [0.4, 0.5) is 0 Å². The van der Waals surface area contributed by atoms with Crippen LogP contribution in [0.2, 0.25) is 5.02 Å². The Morgan fingerprint density at radius 3 is 2.96 bits per heavy atom. The number of fused-ring (bicyclic) bond motifs is 1. The molecule has 2 heterocycles. The third-order valence-electron chi connectivity index (χ3n) is 5.29. The molecule has 6 heteroatoms. The number of carbonyl (C=O) groups excluding carboxylic acids is 1. The number of nitrogens with one attached hydrogen (secondary N) is 3. The molecule has 5 nitrogen and oxygen atoms in total. The molecule has 148 valence electrons. The minimum absolute atomic E-state index is 0.0745. The van der Waals surface area contributed by atoms with Gasteiger partial charge >= 0.3 is 0 Å². The van der Waals surface area contributed by atoms with Gasteiger partial charge < -0.3 is 20.4 Å². The van der Waals surface area contributed by atoms with Gasteiger partial charge in [-0.25, -0.2) is 0 Å². The summed E-state index contributed by atoms with van der Waals surface area (Å²) < 4.78 is 6.18. The van der Waals surface area contributed by atoms with Crippen molar-refractivity contribution in [3.8, 4) is 0 Å². The number of hydrogen-bond acceptors (Lipinski definition) is 3. The zero-order valence-corrected chi connectivity index (χ0v) is 16.8. The van der Waals surface area contributed by atoms with Gasteiger partial charge in [-0.15, -0.1) is 0 Å². The van der Waals surface area contributed by atoms with E-state index in [1.165, 1.54) is 12.8 Å². The van der Waals surface area contributed by atoms with E-state index < -0.39 is 0 Å². The quantitative estimate of drug-likeness (QED) is 0.602. The molecule has 1 fully saturated rings. The van der Waals surface area contributed by atoms with Gasteiger partial charge in [0.05, 0.1) is 11.1 Å². The molecule has 3 rings (SSSR count). The van der Waals surface area contributed by atoms with E-state index in [1.807, 2.05) is 18.2 Å². The van der Waals surface area contributed by atoms with Crippen LogP contribution in [0.15, 0.2) is 24.4 Å². The molecule has 1 aromatic heterocycles. The van der Waals surface area contributed by atoms with E-state index in [1.54, 1.807) is 6.20 Å². The van der Waals surface area contributed by atoms with Gasteiger partial charge in [0.25, 0.3) is 5.91 Å². The summed E-state index contributed by atoms with van der Waals surface area (Å²) in [6.07, 6.45) is 7.38. The molecule has 1 aliphatic heterocycles. The first kappa shape index (κ1) is 20.2. The van der Waals surface area contributed by atoms with Gasteiger partial charge in [0.1, 0.15) is 0 Å². The maximum absolute atomic E-state index is 12.6. The molecule has 1 aromatic carbocycles. The molecule has 1 amide bonds. The van der Waals surface area contributed by atoms with Gasteiger partial charge in [-0.3, -0.25) is 4.79 Å². The number of aromatic nitrogens is 1. The monoisotopic (exact) mass is 391 g/mol. The Morgan fingerprint density at radius 1 is 1.37 bits per heavy atom. The van der Waals surface area contributed by atoms with Crippen LogP contribution in [-0.2, 0) is 4.74 Å². The maximum atomic E-state index is 12.6. The molecule has 1 unspecified atom stereocenters. The number of piperidine rings is 1. The third-order valence-corrected chi connectivity index (χ3v) is 5.60. The van der Waals surface area contributed by atoms with Gasteiger partial charge in [-0.2, -0.15) is 0 Å². The fraction of sp³-hybridized carbons (Fsp3) is 0.571. The van der Waals surface area contributed by atoms with Crippen LogP contribution in [-0.4, -0.2) is 43.2 Å². The summed E-state index contributed by atoms with van der Waals surface area (Å²) >= 11 is 6.10. The summed E-state index contributed by atoms with van der Waals surface area (Å²) in [6.45, 7) is 5.68. The largest absolute Gasteiger partial charge is 0.376 e. The highest BCUT2D eigenvalue weighted by atomic mass is 35.5. The number of rotatable bonds is 9. The number of aromatic amines is 1. The van der Waals surface area contributed by atoms with Crippen molar-refractivity contribution in [2.45, 2.75) is 45.1 Å². The summed E-state index contributed by atoms with van der Waals surface area (Å²) in [5.41, 5.74) is 1.51. The summed E-state index contributed by atoms with van der Waals surface area (Å²) in [6, 6.07) is 5.53. The number of hydrogen-bond donors (Lipinski definition) is 3. The van der Waals surface area contributed by atoms with E-state index in [0.29, 0.717) is 23.0 Å². The highest BCUT2D eigenvalue weighted by Gasteiger charge is 2.17. The zero-order valence-electron chi connectivity index (χ0n) is 16.0. The molecule has 3 N–H and O–H groups in total. The second-order valence-corrected chi connectivity index (χ2v) is 7.81. The molecule has 0 aliphatic carbocycles. The van der Waals surface area contributed by atoms with Gasteiger partial charge in [-0.05, 0) is 50.4 Å². The van der Waals surface area contributed by atoms with E-state index in [-0.39, 0.29) is 12.0 Å². The lowest BCUT2D eigenvalue weighted by molar-refractivity contribution is 0.0169. The summed E-state index contributed by atoms with van der Waals surface area (Å²) in [5, 5.41) is 8.03. The van der Waals surface area contributed by atoms with Crippen LogP contribution in [0.3, 0.4) is 0 Å². The van der Waals surface area contributed by atoms with Crippen molar-refractivity contribution in [2.24, 2.45) is 5.92 Å². The van der Waals surface area contributed by atoms with Crippen molar-refractivity contribution >= 4 is 28.4 Å². The van der Waals surface area contributed by atoms with Gasteiger partial charge in [0.15, 0.2) is 0 Å². The highest BCUT2D eigenvalue weighted by molar-refractivity contribution is 6.35. The van der Waals surface area contributed by atoms with E-state index in [0.717, 1.165) is 49.9 Å². The highest BCUT2D eigenvalue weighted by Crippen LogP contribution is 2.23. The Morgan fingerprint density at radius 2 is 2.19 bits per heavy atom. The maximum Gasteiger partial charge on any atom is 0.251 e. The lowest BCUT2D eigenvalue weighted by Crippen LogP contribution is -2.36. The average Bonchev–Trinajstić information content (AvgIpc) is 3.08. The normalized spacial score (nSPS) is 16.5. The number of benzene rings is 1. The first-order valence-electron chi connectivity index (χ1n) is 10.0. The second-order valence-electron chi connectivity index (χ2n) is 7.40. The lowest BCUT2D eigenvalue weighted by atomic mass is 9.99. The minimum atomic E-state index is -0.0745. The minimum Gasteiger partial charge on any atom is -0.376 e. The molecule has 2 aromatic rings. The number of unbranched alkanes of at least 4 members (excludes halogenated alkanes) is 1. The zero-order chi connectivity index (χ0) is 19.1. The molecule has 0 saturated carbocycles. The van der Waals surface area contributed by atoms with E-state index >= 15 is 0 Å². The van der Waals surface area contributed by atoms with Gasteiger partial charge in [0.2, 0.25) is 0 Å². The van der Waals surface area contributed by atoms with Crippen molar-refractivity contribution < 1.29 is 9.53 Å². The number of carbonyl (C=O) groups is 1. The fourth-order valence-electron chi connectivity index (χ4n) is 3.54. The predicted octanol–water partition coefficient (Wildman–Crippen LogP) is 4.13. The van der Waals surface area contributed by atoms with Gasteiger partial charge in [0, 0.05) is 35.8 Å².